The molecule has 0 radical (unpaired) electrons. The quantitative estimate of drug-likeness (QED) is 0.265. The molecule has 52 heavy (non-hydrogen) atoms. The van der Waals surface area contributed by atoms with Gasteiger partial charge in [0.2, 0.25) is 5.91 Å². The van der Waals surface area contributed by atoms with Gasteiger partial charge in [0.15, 0.2) is 5.82 Å². The van der Waals surface area contributed by atoms with Gasteiger partial charge < -0.3 is 20.2 Å². The Hall–Kier alpha value is -4.30. The number of piperazine rings is 1. The Labute approximate surface area is 307 Å². The molecule has 1 aromatic carbocycles. The Kier molecular flexibility index (Phi) is 10.7. The summed E-state index contributed by atoms with van der Waals surface area (Å²) in [6.07, 6.45) is 11.8. The van der Waals surface area contributed by atoms with Gasteiger partial charge in [-0.3, -0.25) is 14.7 Å². The summed E-state index contributed by atoms with van der Waals surface area (Å²) in [4.78, 5) is 36.2. The van der Waals surface area contributed by atoms with E-state index in [0.29, 0.717) is 47.6 Å². The number of nitrogens with zero attached hydrogens (tertiary/aromatic N) is 7. The van der Waals surface area contributed by atoms with Crippen LogP contribution in [0.15, 0.2) is 30.5 Å². The lowest BCUT2D eigenvalue weighted by Crippen LogP contribution is -2.52. The Balaban J connectivity index is 0.896. The fourth-order valence-corrected chi connectivity index (χ4v) is 9.60. The van der Waals surface area contributed by atoms with Crippen LogP contribution in [-0.2, 0) is 4.79 Å². The Bertz CT molecular complexity index is 1810. The maximum Gasteiger partial charge on any atom is 0.407 e. The molecule has 0 bridgehead atoms. The van der Waals surface area contributed by atoms with Crippen LogP contribution in [0.3, 0.4) is 0 Å². The molecule has 0 unspecified atom stereocenters. The first-order chi connectivity index (χ1) is 25.1. The summed E-state index contributed by atoms with van der Waals surface area (Å²) in [7, 11) is 0. The normalized spacial score (nSPS) is 23.3. The second kappa shape index (κ2) is 15.4. The zero-order chi connectivity index (χ0) is 36.4. The highest BCUT2D eigenvalue weighted by atomic mass is 16.4. The standard InChI is InChI=1S/C41H54N8O3/c1-27-33(24-42)5-4-6-34(27)28(2)44-38-35-23-37(43-25-36(35)29(3)45-46-38)31-7-9-32(10-8-31)39(50)48-21-19-47(20-22-48)26-30-11-13-41(14-12-30)15-17-49(18-16-41)40(51)52/h4-6,23,25,28,30-32H,7-22,26H2,1-3H3,(H,44,46)(H,51,52)/t28-,31?,32?/m1/s1. The minimum atomic E-state index is -0.774. The molecule has 1 spiro atoms. The zero-order valence-corrected chi connectivity index (χ0v) is 31.1. The number of pyridine rings is 1. The van der Waals surface area contributed by atoms with Gasteiger partial charge in [-0.25, -0.2) is 4.79 Å². The van der Waals surface area contributed by atoms with Crippen LogP contribution in [0, 0.1) is 42.4 Å². The van der Waals surface area contributed by atoms with Crippen LogP contribution in [-0.4, -0.2) is 92.8 Å². The Morgan fingerprint density at radius 3 is 2.33 bits per heavy atom. The number of benzene rings is 1. The molecule has 7 rings (SSSR count). The van der Waals surface area contributed by atoms with Crippen molar-refractivity contribution in [1.82, 2.24) is 29.9 Å². The van der Waals surface area contributed by atoms with E-state index in [1.165, 1.54) is 25.7 Å². The Morgan fingerprint density at radius 2 is 1.65 bits per heavy atom. The van der Waals surface area contributed by atoms with Crippen LogP contribution in [0.2, 0.25) is 0 Å². The highest BCUT2D eigenvalue weighted by Gasteiger charge is 2.40. The van der Waals surface area contributed by atoms with Crippen molar-refractivity contribution in [3.63, 3.8) is 0 Å². The number of anilines is 1. The Morgan fingerprint density at radius 1 is 0.942 bits per heavy atom. The summed E-state index contributed by atoms with van der Waals surface area (Å²) in [5, 5.41) is 33.4. The van der Waals surface area contributed by atoms with Crippen molar-refractivity contribution in [3.8, 4) is 6.07 Å². The van der Waals surface area contributed by atoms with E-state index in [0.717, 1.165) is 105 Å². The number of hydrogen-bond acceptors (Lipinski definition) is 8. The van der Waals surface area contributed by atoms with Crippen LogP contribution < -0.4 is 5.32 Å². The number of amides is 2. The van der Waals surface area contributed by atoms with Gasteiger partial charge in [0, 0.05) is 80.3 Å². The predicted octanol–water partition coefficient (Wildman–Crippen LogP) is 7.05. The molecule has 2 aliphatic heterocycles. The molecule has 2 saturated carbocycles. The average Bonchev–Trinajstić information content (AvgIpc) is 3.17. The molecule has 3 aromatic rings. The zero-order valence-electron chi connectivity index (χ0n) is 31.1. The molecule has 1 atom stereocenters. The molecule has 2 aromatic heterocycles. The molecule has 276 valence electrons. The van der Waals surface area contributed by atoms with Gasteiger partial charge in [-0.05, 0) is 120 Å². The summed E-state index contributed by atoms with van der Waals surface area (Å²) in [6, 6.07) is 10.2. The molecular weight excluding hydrogens is 653 g/mol. The fraction of sp³-hybridized carbons (Fsp3) is 0.610. The topological polar surface area (TPSA) is 139 Å². The largest absolute Gasteiger partial charge is 0.465 e. The number of aromatic nitrogens is 3. The first kappa shape index (κ1) is 36.1. The van der Waals surface area contributed by atoms with Crippen molar-refractivity contribution in [2.45, 2.75) is 96.9 Å². The van der Waals surface area contributed by atoms with Gasteiger partial charge in [-0.2, -0.15) is 10.4 Å². The number of hydrogen-bond donors (Lipinski definition) is 2. The van der Waals surface area contributed by atoms with Gasteiger partial charge in [0.05, 0.1) is 23.4 Å². The molecular formula is C41H54N8O3. The monoisotopic (exact) mass is 706 g/mol. The predicted molar refractivity (Wildman–Crippen MR) is 201 cm³/mol. The maximum absolute atomic E-state index is 13.7. The first-order valence-corrected chi connectivity index (χ1v) is 19.5. The third kappa shape index (κ3) is 7.59. The lowest BCUT2D eigenvalue weighted by atomic mass is 9.65. The average molecular weight is 707 g/mol. The second-order valence-corrected chi connectivity index (χ2v) is 16.2. The summed E-state index contributed by atoms with van der Waals surface area (Å²) in [6.45, 7) is 12.1. The molecule has 4 fully saturated rings. The number of nitriles is 1. The number of likely N-dealkylation sites (tertiary alicyclic amines) is 1. The highest BCUT2D eigenvalue weighted by Crippen LogP contribution is 2.46. The van der Waals surface area contributed by atoms with E-state index >= 15 is 0 Å². The third-order valence-electron chi connectivity index (χ3n) is 13.1. The summed E-state index contributed by atoms with van der Waals surface area (Å²) in [5.74, 6) is 2.15. The van der Waals surface area contributed by atoms with E-state index in [4.69, 9.17) is 4.98 Å². The second-order valence-electron chi connectivity index (χ2n) is 16.2. The first-order valence-electron chi connectivity index (χ1n) is 19.5. The molecule has 2 amide bonds. The van der Waals surface area contributed by atoms with Gasteiger partial charge in [-0.1, -0.05) is 12.1 Å². The van der Waals surface area contributed by atoms with E-state index < -0.39 is 6.09 Å². The van der Waals surface area contributed by atoms with Gasteiger partial charge in [-0.15, -0.1) is 5.10 Å². The van der Waals surface area contributed by atoms with E-state index in [1.807, 2.05) is 38.2 Å². The number of aryl methyl sites for hydroxylation is 1. The van der Waals surface area contributed by atoms with E-state index in [9.17, 15) is 20.0 Å². The van der Waals surface area contributed by atoms with E-state index in [2.05, 4.69) is 44.4 Å². The number of rotatable bonds is 7. The lowest BCUT2D eigenvalue weighted by Gasteiger charge is -2.46. The molecule has 2 saturated heterocycles. The molecule has 2 N–H and O–H groups in total. The smallest absolute Gasteiger partial charge is 0.407 e. The molecule has 4 aliphatic rings. The number of carbonyl (C=O) groups excluding carboxylic acids is 1. The molecule has 11 nitrogen and oxygen atoms in total. The van der Waals surface area contributed by atoms with Crippen LogP contribution in [0.25, 0.3) is 10.8 Å². The molecule has 2 aliphatic carbocycles. The summed E-state index contributed by atoms with van der Waals surface area (Å²) in [5.41, 5.74) is 4.95. The lowest BCUT2D eigenvalue weighted by molar-refractivity contribution is -0.138. The van der Waals surface area contributed by atoms with Crippen LogP contribution in [0.5, 0.6) is 0 Å². The minimum Gasteiger partial charge on any atom is -0.465 e. The van der Waals surface area contributed by atoms with Gasteiger partial charge in [0.25, 0.3) is 0 Å². The molecule has 4 heterocycles. The third-order valence-corrected chi connectivity index (χ3v) is 13.1. The van der Waals surface area contributed by atoms with Crippen molar-refractivity contribution < 1.29 is 14.7 Å². The van der Waals surface area contributed by atoms with Crippen LogP contribution in [0.4, 0.5) is 10.6 Å². The van der Waals surface area contributed by atoms with Gasteiger partial charge >= 0.3 is 6.09 Å². The number of nitrogens with one attached hydrogen (secondary N) is 1. The minimum absolute atomic E-state index is 0.0648. The maximum atomic E-state index is 13.7. The number of piperidine rings is 1. The van der Waals surface area contributed by atoms with Crippen LogP contribution in [0.1, 0.15) is 111 Å². The van der Waals surface area contributed by atoms with E-state index in [1.54, 1.807) is 4.90 Å². The SMILES string of the molecule is Cc1c(C#N)cccc1[C@@H](C)Nc1nnc(C)c2cnc(C3CCC(C(=O)N4CCN(CC5CCC6(CC5)CCN(C(=O)O)CC6)CC4)CC3)cc12. The van der Waals surface area contributed by atoms with Gasteiger partial charge in [0.1, 0.15) is 0 Å². The summed E-state index contributed by atoms with van der Waals surface area (Å²) < 4.78 is 0. The van der Waals surface area contributed by atoms with Crippen LogP contribution >= 0.6 is 0 Å². The number of carbonyl (C=O) groups is 2. The van der Waals surface area contributed by atoms with Crippen molar-refractivity contribution in [3.05, 3.63) is 58.5 Å². The van der Waals surface area contributed by atoms with Crippen molar-refractivity contribution in [2.75, 3.05) is 51.1 Å². The van der Waals surface area contributed by atoms with Crippen molar-refractivity contribution >= 4 is 28.6 Å². The highest BCUT2D eigenvalue weighted by molar-refractivity contribution is 5.93. The van der Waals surface area contributed by atoms with Crippen molar-refractivity contribution in [1.29, 1.82) is 5.26 Å². The number of fused-ring (bicyclic) bond motifs is 1. The summed E-state index contributed by atoms with van der Waals surface area (Å²) >= 11 is 0. The van der Waals surface area contributed by atoms with Crippen molar-refractivity contribution in [2.24, 2.45) is 17.3 Å². The number of carboxylic acid groups (broad SMARTS) is 1. The molecule has 11 heteroatoms. The fourth-order valence-electron chi connectivity index (χ4n) is 9.60. The van der Waals surface area contributed by atoms with E-state index in [-0.39, 0.29) is 12.0 Å².